The summed E-state index contributed by atoms with van der Waals surface area (Å²) in [7, 11) is 0. The summed E-state index contributed by atoms with van der Waals surface area (Å²) in [6.07, 6.45) is 8.37. The standard InChI is InChI=1S/C28H34N4O2/c1-28(2,3)21-14-16-23(17-15-21)32(27(34)24-18-29-19-30-24)25(20-10-6-4-7-11-20)26(33)31-22-12-8-5-9-13-22/h4,6-7,10-11,14-19,22,25H,5,8-9,12-13H2,1-3H3,(H,29,30)(H,31,33)/t25-/m1/s1. The Morgan fingerprint density at radius 3 is 2.26 bits per heavy atom. The van der Waals surface area contributed by atoms with Crippen LogP contribution in [0.15, 0.2) is 67.1 Å². The second-order valence-corrected chi connectivity index (χ2v) is 10.1. The van der Waals surface area contributed by atoms with Crippen LogP contribution in [0.4, 0.5) is 5.69 Å². The van der Waals surface area contributed by atoms with Gasteiger partial charge in [0.05, 0.1) is 12.5 Å². The van der Waals surface area contributed by atoms with E-state index >= 15 is 0 Å². The quantitative estimate of drug-likeness (QED) is 0.509. The predicted molar refractivity (Wildman–Crippen MR) is 135 cm³/mol. The van der Waals surface area contributed by atoms with Gasteiger partial charge in [-0.3, -0.25) is 14.5 Å². The van der Waals surface area contributed by atoms with Crippen molar-refractivity contribution in [2.75, 3.05) is 4.90 Å². The molecule has 6 heteroatoms. The number of H-pyrrole nitrogens is 1. The van der Waals surface area contributed by atoms with Gasteiger partial charge in [-0.05, 0) is 41.5 Å². The Bertz CT molecular complexity index is 1080. The Morgan fingerprint density at radius 1 is 1.00 bits per heavy atom. The second-order valence-electron chi connectivity index (χ2n) is 10.1. The Labute approximate surface area is 201 Å². The van der Waals surface area contributed by atoms with E-state index in [9.17, 15) is 9.59 Å². The van der Waals surface area contributed by atoms with Crippen LogP contribution in [0, 0.1) is 0 Å². The first-order valence-electron chi connectivity index (χ1n) is 12.1. The molecule has 178 valence electrons. The van der Waals surface area contributed by atoms with E-state index in [4.69, 9.17) is 0 Å². The van der Waals surface area contributed by atoms with Crippen molar-refractivity contribution in [2.24, 2.45) is 0 Å². The van der Waals surface area contributed by atoms with Crippen LogP contribution < -0.4 is 10.2 Å². The number of hydrogen-bond acceptors (Lipinski definition) is 3. The molecule has 0 unspecified atom stereocenters. The number of carbonyl (C=O) groups is 2. The Kier molecular flexibility index (Phi) is 7.15. The lowest BCUT2D eigenvalue weighted by atomic mass is 9.87. The van der Waals surface area contributed by atoms with Crippen molar-refractivity contribution in [1.29, 1.82) is 0 Å². The van der Waals surface area contributed by atoms with Crippen molar-refractivity contribution < 1.29 is 9.59 Å². The molecule has 34 heavy (non-hydrogen) atoms. The van der Waals surface area contributed by atoms with Crippen molar-refractivity contribution in [3.63, 3.8) is 0 Å². The molecule has 2 N–H and O–H groups in total. The molecule has 1 saturated carbocycles. The van der Waals surface area contributed by atoms with E-state index < -0.39 is 6.04 Å². The first-order chi connectivity index (χ1) is 16.3. The zero-order chi connectivity index (χ0) is 24.1. The summed E-state index contributed by atoms with van der Waals surface area (Å²) in [6.45, 7) is 6.46. The number of carbonyl (C=O) groups excluding carboxylic acids is 2. The maximum absolute atomic E-state index is 13.8. The molecule has 6 nitrogen and oxygen atoms in total. The van der Waals surface area contributed by atoms with E-state index in [1.807, 2.05) is 54.6 Å². The van der Waals surface area contributed by atoms with Crippen LogP contribution >= 0.6 is 0 Å². The van der Waals surface area contributed by atoms with Crippen molar-refractivity contribution in [3.8, 4) is 0 Å². The first-order valence-corrected chi connectivity index (χ1v) is 12.1. The third kappa shape index (κ3) is 5.38. The highest BCUT2D eigenvalue weighted by molar-refractivity contribution is 6.09. The number of aromatic amines is 1. The minimum atomic E-state index is -0.806. The minimum absolute atomic E-state index is 0.0199. The number of amides is 2. The van der Waals surface area contributed by atoms with Gasteiger partial charge >= 0.3 is 0 Å². The summed E-state index contributed by atoms with van der Waals surface area (Å²) in [5.74, 6) is -0.459. The Morgan fingerprint density at radius 2 is 1.68 bits per heavy atom. The maximum atomic E-state index is 13.8. The molecular formula is C28H34N4O2. The second kappa shape index (κ2) is 10.2. The molecule has 3 aromatic rings. The zero-order valence-corrected chi connectivity index (χ0v) is 20.3. The number of hydrogen-bond donors (Lipinski definition) is 2. The number of nitrogens with zero attached hydrogens (tertiary/aromatic N) is 2. The molecule has 1 fully saturated rings. The fourth-order valence-electron chi connectivity index (χ4n) is 4.59. The molecule has 2 aromatic carbocycles. The average molecular weight is 459 g/mol. The van der Waals surface area contributed by atoms with Gasteiger partial charge in [-0.1, -0.05) is 82.5 Å². The van der Waals surface area contributed by atoms with Crippen LogP contribution in [0.2, 0.25) is 0 Å². The molecule has 0 saturated heterocycles. The predicted octanol–water partition coefficient (Wildman–Crippen LogP) is 5.54. The largest absolute Gasteiger partial charge is 0.351 e. The van der Waals surface area contributed by atoms with Crippen molar-refractivity contribution in [2.45, 2.75) is 70.4 Å². The van der Waals surface area contributed by atoms with Gasteiger partial charge in [0.15, 0.2) is 0 Å². The lowest BCUT2D eigenvalue weighted by Gasteiger charge is -2.33. The van der Waals surface area contributed by atoms with E-state index in [0.717, 1.165) is 36.8 Å². The summed E-state index contributed by atoms with van der Waals surface area (Å²) in [6, 6.07) is 16.8. The molecule has 0 bridgehead atoms. The monoisotopic (exact) mass is 458 g/mol. The Balaban J connectivity index is 1.77. The molecule has 0 radical (unpaired) electrons. The van der Waals surface area contributed by atoms with Gasteiger partial charge in [0.25, 0.3) is 5.91 Å². The molecule has 1 aromatic heterocycles. The van der Waals surface area contributed by atoms with Crippen LogP contribution in [-0.2, 0) is 10.2 Å². The molecule has 1 heterocycles. The van der Waals surface area contributed by atoms with Gasteiger partial charge in [0.2, 0.25) is 5.91 Å². The highest BCUT2D eigenvalue weighted by Gasteiger charge is 2.35. The topological polar surface area (TPSA) is 78.1 Å². The minimum Gasteiger partial charge on any atom is -0.351 e. The molecule has 4 rings (SSSR count). The zero-order valence-electron chi connectivity index (χ0n) is 20.3. The van der Waals surface area contributed by atoms with Crippen LogP contribution in [0.3, 0.4) is 0 Å². The molecule has 0 spiro atoms. The van der Waals surface area contributed by atoms with Gasteiger partial charge in [0.1, 0.15) is 11.7 Å². The molecular weight excluding hydrogens is 424 g/mol. The maximum Gasteiger partial charge on any atom is 0.277 e. The third-order valence-corrected chi connectivity index (χ3v) is 6.53. The molecule has 2 amide bonds. The van der Waals surface area contributed by atoms with Gasteiger partial charge in [-0.25, -0.2) is 4.98 Å². The van der Waals surface area contributed by atoms with E-state index in [2.05, 4.69) is 36.1 Å². The number of anilines is 1. The van der Waals surface area contributed by atoms with Gasteiger partial charge < -0.3 is 10.3 Å². The first kappa shape index (κ1) is 23.7. The number of imidazole rings is 1. The summed E-state index contributed by atoms with van der Waals surface area (Å²) in [4.78, 5) is 36.1. The fourth-order valence-corrected chi connectivity index (χ4v) is 4.59. The average Bonchev–Trinajstić information content (AvgIpc) is 3.38. The van der Waals surface area contributed by atoms with Crippen LogP contribution in [0.5, 0.6) is 0 Å². The summed E-state index contributed by atoms with van der Waals surface area (Å²) < 4.78 is 0. The normalized spacial score (nSPS) is 15.5. The van der Waals surface area contributed by atoms with Crippen LogP contribution in [0.1, 0.15) is 80.5 Å². The van der Waals surface area contributed by atoms with Gasteiger partial charge in [0, 0.05) is 11.7 Å². The summed E-state index contributed by atoms with van der Waals surface area (Å²) in [5.41, 5.74) is 2.91. The van der Waals surface area contributed by atoms with Crippen molar-refractivity contribution in [3.05, 3.63) is 83.9 Å². The Hall–Kier alpha value is -3.41. The molecule has 0 aliphatic heterocycles. The van der Waals surface area contributed by atoms with Gasteiger partial charge in [-0.15, -0.1) is 0 Å². The lowest BCUT2D eigenvalue weighted by Crippen LogP contribution is -2.47. The van der Waals surface area contributed by atoms with Crippen molar-refractivity contribution >= 4 is 17.5 Å². The fraction of sp³-hybridized carbons (Fsp3) is 0.393. The lowest BCUT2D eigenvalue weighted by molar-refractivity contribution is -0.123. The molecule has 1 atom stereocenters. The van der Waals surface area contributed by atoms with E-state index in [0.29, 0.717) is 11.4 Å². The highest BCUT2D eigenvalue weighted by Crippen LogP contribution is 2.32. The summed E-state index contributed by atoms with van der Waals surface area (Å²) >= 11 is 0. The molecule has 1 aliphatic rings. The highest BCUT2D eigenvalue weighted by atomic mass is 16.2. The third-order valence-electron chi connectivity index (χ3n) is 6.53. The van der Waals surface area contributed by atoms with Gasteiger partial charge in [-0.2, -0.15) is 0 Å². The van der Waals surface area contributed by atoms with Crippen LogP contribution in [0.25, 0.3) is 0 Å². The van der Waals surface area contributed by atoms with Crippen LogP contribution in [-0.4, -0.2) is 27.8 Å². The molecule has 1 aliphatic carbocycles. The van der Waals surface area contributed by atoms with E-state index in [1.54, 1.807) is 4.90 Å². The SMILES string of the molecule is CC(C)(C)c1ccc(N(C(=O)c2cnc[nH]2)[C@@H](C(=O)NC2CCCCC2)c2ccccc2)cc1. The number of aromatic nitrogens is 2. The van der Waals surface area contributed by atoms with E-state index in [-0.39, 0.29) is 23.3 Å². The number of nitrogens with one attached hydrogen (secondary N) is 2. The number of benzene rings is 2. The van der Waals surface area contributed by atoms with E-state index in [1.165, 1.54) is 18.9 Å². The van der Waals surface area contributed by atoms with Crippen molar-refractivity contribution in [1.82, 2.24) is 15.3 Å². The summed E-state index contributed by atoms with van der Waals surface area (Å²) in [5, 5.41) is 3.24. The number of rotatable bonds is 6. The smallest absolute Gasteiger partial charge is 0.277 e.